The number of hydrogen-bond donors (Lipinski definition) is 0. The lowest BCUT2D eigenvalue weighted by molar-refractivity contribution is 0.0629. The summed E-state index contributed by atoms with van der Waals surface area (Å²) in [6, 6.07) is 0.528. The van der Waals surface area contributed by atoms with Gasteiger partial charge in [-0.3, -0.25) is 4.79 Å². The number of anilines is 1. The molecule has 0 N–H and O–H groups in total. The largest absolute Gasteiger partial charge is 0.341 e. The average Bonchev–Trinajstić information content (AvgIpc) is 3.51. The second kappa shape index (κ2) is 8.37. The fourth-order valence-corrected chi connectivity index (χ4v) is 4.03. The lowest BCUT2D eigenvalue weighted by Gasteiger charge is -2.38. The average molecular weight is 419 g/mol. The third-order valence-electron chi connectivity index (χ3n) is 5.92. The normalized spacial score (nSPS) is 17.0. The second-order valence-electron chi connectivity index (χ2n) is 8.02. The number of aromatic nitrogens is 7. The zero-order valence-electron chi connectivity index (χ0n) is 17.5. The van der Waals surface area contributed by atoms with Crippen molar-refractivity contribution in [1.82, 2.24) is 39.6 Å². The van der Waals surface area contributed by atoms with E-state index in [9.17, 15) is 4.79 Å². The van der Waals surface area contributed by atoms with Crippen molar-refractivity contribution < 1.29 is 4.79 Å². The van der Waals surface area contributed by atoms with Gasteiger partial charge in [0.1, 0.15) is 12.7 Å². The lowest BCUT2D eigenvalue weighted by Crippen LogP contribution is -2.49. The zero-order chi connectivity index (χ0) is 21.2. The van der Waals surface area contributed by atoms with Crippen molar-refractivity contribution in [1.29, 1.82) is 0 Å². The molecule has 2 aliphatic rings. The van der Waals surface area contributed by atoms with Crippen molar-refractivity contribution in [2.24, 2.45) is 0 Å². The first-order valence-corrected chi connectivity index (χ1v) is 10.8. The summed E-state index contributed by atoms with van der Waals surface area (Å²) in [5.41, 5.74) is 1.65. The number of hydrogen-bond acceptors (Lipinski definition) is 8. The molecule has 0 radical (unpaired) electrons. The molecule has 1 saturated carbocycles. The van der Waals surface area contributed by atoms with E-state index in [0.717, 1.165) is 56.7 Å². The predicted octanol–water partition coefficient (Wildman–Crippen LogP) is 1.68. The molecule has 0 bridgehead atoms. The highest BCUT2D eigenvalue weighted by atomic mass is 16.2. The van der Waals surface area contributed by atoms with E-state index < -0.39 is 0 Å². The summed E-state index contributed by atoms with van der Waals surface area (Å²) < 4.78 is 1.47. The maximum Gasteiger partial charge on any atom is 0.257 e. The molecule has 0 aromatic carbocycles. The Morgan fingerprint density at radius 3 is 2.19 bits per heavy atom. The van der Waals surface area contributed by atoms with Gasteiger partial charge in [-0.15, -0.1) is 0 Å². The zero-order valence-corrected chi connectivity index (χ0v) is 17.5. The second-order valence-corrected chi connectivity index (χ2v) is 8.02. The standard InChI is InChI=1S/C21H25N9O/c1-2-15-9-23-20(24-10-15)28-7-5-18(6-8-28)30(17-3-4-17)19(31)16-11-25-21(26-12-16)29-14-22-13-27-29/h9-14,17-18H,2-8H2,1H3. The molecule has 3 aromatic heterocycles. The summed E-state index contributed by atoms with van der Waals surface area (Å²) in [4.78, 5) is 39.1. The van der Waals surface area contributed by atoms with Crippen molar-refractivity contribution in [3.8, 4) is 5.95 Å². The van der Waals surface area contributed by atoms with Crippen LogP contribution in [0.4, 0.5) is 5.95 Å². The number of nitrogens with zero attached hydrogens (tertiary/aromatic N) is 9. The molecule has 5 rings (SSSR count). The molecule has 1 amide bonds. The maximum atomic E-state index is 13.3. The van der Waals surface area contributed by atoms with Crippen molar-refractivity contribution in [3.05, 3.63) is 48.6 Å². The van der Waals surface area contributed by atoms with Gasteiger partial charge in [0.25, 0.3) is 11.9 Å². The van der Waals surface area contributed by atoms with Crippen LogP contribution < -0.4 is 4.90 Å². The molecule has 0 atom stereocenters. The minimum Gasteiger partial charge on any atom is -0.341 e. The smallest absolute Gasteiger partial charge is 0.257 e. The molecule has 0 spiro atoms. The lowest BCUT2D eigenvalue weighted by atomic mass is 10.0. The van der Waals surface area contributed by atoms with Gasteiger partial charge >= 0.3 is 0 Å². The van der Waals surface area contributed by atoms with E-state index in [4.69, 9.17) is 0 Å². The molecular weight excluding hydrogens is 394 g/mol. The van der Waals surface area contributed by atoms with Crippen LogP contribution in [-0.4, -0.2) is 70.7 Å². The molecule has 1 saturated heterocycles. The van der Waals surface area contributed by atoms with Gasteiger partial charge in [-0.2, -0.15) is 9.78 Å². The molecule has 10 heteroatoms. The van der Waals surface area contributed by atoms with Crippen molar-refractivity contribution in [2.75, 3.05) is 18.0 Å². The fraction of sp³-hybridized carbons (Fsp3) is 0.476. The highest BCUT2D eigenvalue weighted by Crippen LogP contribution is 2.33. The van der Waals surface area contributed by atoms with Crippen molar-refractivity contribution in [2.45, 2.75) is 51.1 Å². The van der Waals surface area contributed by atoms with Crippen LogP contribution in [0.5, 0.6) is 0 Å². The highest BCUT2D eigenvalue weighted by Gasteiger charge is 2.39. The van der Waals surface area contributed by atoms with Crippen LogP contribution in [0.3, 0.4) is 0 Å². The third kappa shape index (κ3) is 4.10. The summed E-state index contributed by atoms with van der Waals surface area (Å²) in [6.07, 6.45) is 14.8. The Morgan fingerprint density at radius 2 is 1.61 bits per heavy atom. The molecule has 31 heavy (non-hydrogen) atoms. The predicted molar refractivity (Wildman–Crippen MR) is 113 cm³/mol. The first-order valence-electron chi connectivity index (χ1n) is 10.8. The third-order valence-corrected chi connectivity index (χ3v) is 5.92. The van der Waals surface area contributed by atoms with Gasteiger partial charge in [0, 0.05) is 50.0 Å². The van der Waals surface area contributed by atoms with Gasteiger partial charge < -0.3 is 9.80 Å². The number of carbonyl (C=O) groups is 1. The van der Waals surface area contributed by atoms with Crippen LogP contribution in [0.2, 0.25) is 0 Å². The molecule has 1 aliphatic heterocycles. The SMILES string of the molecule is CCc1cnc(N2CCC(N(C(=O)c3cnc(-n4cncn4)nc3)C3CC3)CC2)nc1. The number of piperidine rings is 1. The summed E-state index contributed by atoms with van der Waals surface area (Å²) in [6.45, 7) is 3.78. The van der Waals surface area contributed by atoms with Gasteiger partial charge in [-0.05, 0) is 37.7 Å². The van der Waals surface area contributed by atoms with Crippen LogP contribution in [0.1, 0.15) is 48.5 Å². The van der Waals surface area contributed by atoms with Crippen LogP contribution in [0, 0.1) is 0 Å². The van der Waals surface area contributed by atoms with E-state index in [0.29, 0.717) is 17.6 Å². The van der Waals surface area contributed by atoms with Crippen LogP contribution in [-0.2, 0) is 6.42 Å². The Bertz CT molecular complexity index is 1010. The summed E-state index contributed by atoms with van der Waals surface area (Å²) in [7, 11) is 0. The Kier molecular flexibility index (Phi) is 5.27. The van der Waals surface area contributed by atoms with E-state index in [1.165, 1.54) is 17.3 Å². The number of carbonyl (C=O) groups excluding carboxylic acids is 1. The fourth-order valence-electron chi connectivity index (χ4n) is 4.03. The maximum absolute atomic E-state index is 13.3. The number of amides is 1. The molecule has 2 fully saturated rings. The van der Waals surface area contributed by atoms with Gasteiger partial charge in [0.05, 0.1) is 5.56 Å². The van der Waals surface area contributed by atoms with Crippen LogP contribution in [0.15, 0.2) is 37.4 Å². The topological polar surface area (TPSA) is 106 Å². The molecule has 1 aliphatic carbocycles. The number of rotatable bonds is 6. The van der Waals surface area contributed by atoms with Gasteiger partial charge in [0.15, 0.2) is 0 Å². The molecular formula is C21H25N9O. The van der Waals surface area contributed by atoms with E-state index in [-0.39, 0.29) is 11.9 Å². The minimum atomic E-state index is 0.00893. The summed E-state index contributed by atoms with van der Waals surface area (Å²) in [5.74, 6) is 1.18. The molecule has 4 heterocycles. The molecule has 160 valence electrons. The highest BCUT2D eigenvalue weighted by molar-refractivity contribution is 5.94. The minimum absolute atomic E-state index is 0.00893. The van der Waals surface area contributed by atoms with Crippen LogP contribution >= 0.6 is 0 Å². The molecule has 10 nitrogen and oxygen atoms in total. The van der Waals surface area contributed by atoms with Gasteiger partial charge in [-0.1, -0.05) is 6.92 Å². The first-order chi connectivity index (χ1) is 15.2. The number of aryl methyl sites for hydroxylation is 1. The summed E-state index contributed by atoms with van der Waals surface area (Å²) >= 11 is 0. The van der Waals surface area contributed by atoms with E-state index in [1.807, 2.05) is 12.4 Å². The van der Waals surface area contributed by atoms with E-state index in [1.54, 1.807) is 12.4 Å². The Morgan fingerprint density at radius 1 is 0.968 bits per heavy atom. The van der Waals surface area contributed by atoms with E-state index in [2.05, 4.69) is 46.7 Å². The summed E-state index contributed by atoms with van der Waals surface area (Å²) in [5, 5.41) is 4.02. The Hall–Kier alpha value is -3.43. The first kappa shape index (κ1) is 19.5. The van der Waals surface area contributed by atoms with Crippen molar-refractivity contribution in [3.63, 3.8) is 0 Å². The monoisotopic (exact) mass is 419 g/mol. The Labute approximate surface area is 180 Å². The molecule has 0 unspecified atom stereocenters. The van der Waals surface area contributed by atoms with Gasteiger partial charge in [0.2, 0.25) is 5.95 Å². The van der Waals surface area contributed by atoms with Crippen LogP contribution in [0.25, 0.3) is 5.95 Å². The van der Waals surface area contributed by atoms with Gasteiger partial charge in [-0.25, -0.2) is 24.9 Å². The van der Waals surface area contributed by atoms with E-state index >= 15 is 0 Å². The molecule has 3 aromatic rings. The quantitative estimate of drug-likeness (QED) is 0.594. The Balaban J connectivity index is 1.26. The van der Waals surface area contributed by atoms with Crippen molar-refractivity contribution >= 4 is 11.9 Å².